The number of rotatable bonds is 5. The lowest BCUT2D eigenvalue weighted by molar-refractivity contribution is -0.131. The van der Waals surface area contributed by atoms with Crippen molar-refractivity contribution in [3.05, 3.63) is 24.3 Å². The molecule has 3 saturated heterocycles. The highest BCUT2D eigenvalue weighted by Gasteiger charge is 2.46. The summed E-state index contributed by atoms with van der Waals surface area (Å²) >= 11 is 0. The number of anilines is 1. The van der Waals surface area contributed by atoms with Crippen molar-refractivity contribution in [3.8, 4) is 11.8 Å². The van der Waals surface area contributed by atoms with Crippen LogP contribution in [0.2, 0.25) is 0 Å². The lowest BCUT2D eigenvalue weighted by Crippen LogP contribution is -2.54. The van der Waals surface area contributed by atoms with Gasteiger partial charge in [-0.2, -0.15) is 5.26 Å². The van der Waals surface area contributed by atoms with Crippen LogP contribution in [0.1, 0.15) is 40.0 Å². The van der Waals surface area contributed by atoms with E-state index in [4.69, 9.17) is 10.00 Å². The first-order valence-corrected chi connectivity index (χ1v) is 9.59. The van der Waals surface area contributed by atoms with Crippen LogP contribution in [0.5, 0.6) is 5.75 Å². The first-order chi connectivity index (χ1) is 12.4. The van der Waals surface area contributed by atoms with Crippen LogP contribution >= 0.6 is 0 Å². The third-order valence-corrected chi connectivity index (χ3v) is 5.70. The Morgan fingerprint density at radius 3 is 2.65 bits per heavy atom. The highest BCUT2D eigenvalue weighted by Crippen LogP contribution is 2.43. The summed E-state index contributed by atoms with van der Waals surface area (Å²) in [7, 11) is 0. The maximum atomic E-state index is 12.5. The van der Waals surface area contributed by atoms with Crippen LogP contribution in [0.15, 0.2) is 24.3 Å². The topological polar surface area (TPSA) is 56.6 Å². The monoisotopic (exact) mass is 355 g/mol. The molecule has 1 amide bonds. The third kappa shape index (κ3) is 3.80. The summed E-state index contributed by atoms with van der Waals surface area (Å²) in [4.78, 5) is 17.0. The molecule has 0 spiro atoms. The molecule has 1 aromatic rings. The molecular weight excluding hydrogens is 326 g/mol. The molecule has 3 heterocycles. The fourth-order valence-corrected chi connectivity index (χ4v) is 4.55. The van der Waals surface area contributed by atoms with Crippen molar-refractivity contribution in [2.24, 2.45) is 11.3 Å². The van der Waals surface area contributed by atoms with Crippen LogP contribution < -0.4 is 9.64 Å². The fraction of sp³-hybridized carbons (Fsp3) is 0.619. The Morgan fingerprint density at radius 2 is 2.00 bits per heavy atom. The summed E-state index contributed by atoms with van der Waals surface area (Å²) < 4.78 is 5.56. The molecule has 4 rings (SSSR count). The first kappa shape index (κ1) is 18.6. The second kappa shape index (κ2) is 7.57. The minimum atomic E-state index is 0.118. The number of carbonyl (C=O) groups is 1. The summed E-state index contributed by atoms with van der Waals surface area (Å²) in [6, 6.07) is 10.7. The number of hydrogen-bond acceptors (Lipinski definition) is 4. The van der Waals surface area contributed by atoms with Gasteiger partial charge < -0.3 is 14.5 Å². The van der Waals surface area contributed by atoms with Gasteiger partial charge in [0, 0.05) is 38.2 Å². The number of nitrogens with zero attached hydrogens (tertiary/aromatic N) is 3. The van der Waals surface area contributed by atoms with Crippen molar-refractivity contribution in [2.45, 2.75) is 46.1 Å². The molecule has 140 valence electrons. The summed E-state index contributed by atoms with van der Waals surface area (Å²) in [5, 5.41) is 8.78. The number of carbonyl (C=O) groups excluding carboxylic acids is 1. The van der Waals surface area contributed by atoms with Gasteiger partial charge in [0.25, 0.3) is 0 Å². The molecule has 0 aromatic heterocycles. The molecule has 26 heavy (non-hydrogen) atoms. The molecule has 0 N–H and O–H groups in total. The largest absolute Gasteiger partial charge is 0.494 e. The SMILES string of the molecule is CCOc1ccc(N2CC3CN(C(=O)CCC#N)CC2C(C)(C)C3)cc1. The molecule has 3 aliphatic rings. The second-order valence-corrected chi connectivity index (χ2v) is 8.11. The van der Waals surface area contributed by atoms with Crippen LogP contribution in [0, 0.1) is 22.7 Å². The van der Waals surface area contributed by atoms with Gasteiger partial charge in [0.1, 0.15) is 5.75 Å². The first-order valence-electron chi connectivity index (χ1n) is 9.59. The van der Waals surface area contributed by atoms with Gasteiger partial charge in [-0.3, -0.25) is 4.79 Å². The van der Waals surface area contributed by atoms with Crippen molar-refractivity contribution >= 4 is 11.6 Å². The molecule has 0 saturated carbocycles. The van der Waals surface area contributed by atoms with Crippen molar-refractivity contribution in [3.63, 3.8) is 0 Å². The van der Waals surface area contributed by atoms with E-state index < -0.39 is 0 Å². The van der Waals surface area contributed by atoms with Gasteiger partial charge in [-0.1, -0.05) is 13.8 Å². The van der Waals surface area contributed by atoms with E-state index in [1.54, 1.807) is 0 Å². The Kier molecular flexibility index (Phi) is 5.41. The number of hydrogen-bond donors (Lipinski definition) is 0. The molecule has 5 heteroatoms. The van der Waals surface area contributed by atoms with E-state index in [-0.39, 0.29) is 17.4 Å². The van der Waals surface area contributed by atoms with Crippen LogP contribution in [-0.2, 0) is 4.79 Å². The molecule has 2 unspecified atom stereocenters. The van der Waals surface area contributed by atoms with Gasteiger partial charge in [0.2, 0.25) is 5.91 Å². The maximum absolute atomic E-state index is 12.5. The zero-order valence-corrected chi connectivity index (χ0v) is 16.1. The maximum Gasteiger partial charge on any atom is 0.223 e. The van der Waals surface area contributed by atoms with E-state index in [1.807, 2.05) is 24.0 Å². The predicted molar refractivity (Wildman–Crippen MR) is 102 cm³/mol. The van der Waals surface area contributed by atoms with Gasteiger partial charge in [0.05, 0.1) is 18.7 Å². The Bertz CT molecular complexity index is 677. The normalized spacial score (nSPS) is 24.1. The Hall–Kier alpha value is -2.22. The van der Waals surface area contributed by atoms with E-state index in [0.717, 1.165) is 31.8 Å². The quantitative estimate of drug-likeness (QED) is 0.812. The molecule has 5 nitrogen and oxygen atoms in total. The third-order valence-electron chi connectivity index (χ3n) is 5.70. The van der Waals surface area contributed by atoms with Gasteiger partial charge in [-0.15, -0.1) is 0 Å². The average molecular weight is 355 g/mol. The van der Waals surface area contributed by atoms with Crippen LogP contribution in [0.3, 0.4) is 0 Å². The Labute approximate surface area is 156 Å². The van der Waals surface area contributed by atoms with Crippen molar-refractivity contribution < 1.29 is 9.53 Å². The summed E-state index contributed by atoms with van der Waals surface area (Å²) in [6.45, 7) is 9.80. The van der Waals surface area contributed by atoms with Crippen molar-refractivity contribution in [1.82, 2.24) is 4.90 Å². The standard InChI is InChI=1S/C21H29N3O2/c1-4-26-18-9-7-17(8-10-18)24-14-16-12-21(2,3)19(24)15-23(13-16)20(25)6-5-11-22/h7-10,16,19H,4-6,12-15H2,1-3H3. The number of nitriles is 1. The smallest absolute Gasteiger partial charge is 0.223 e. The van der Waals surface area contributed by atoms with Crippen molar-refractivity contribution in [1.29, 1.82) is 5.26 Å². The Balaban J connectivity index is 1.82. The zero-order valence-electron chi connectivity index (χ0n) is 16.1. The minimum Gasteiger partial charge on any atom is -0.494 e. The molecular formula is C21H29N3O2. The number of benzene rings is 1. The van der Waals surface area contributed by atoms with Gasteiger partial charge in [0.15, 0.2) is 0 Å². The van der Waals surface area contributed by atoms with E-state index in [1.165, 1.54) is 5.69 Å². The molecule has 1 aromatic carbocycles. The lowest BCUT2D eigenvalue weighted by Gasteiger charge is -2.48. The van der Waals surface area contributed by atoms with E-state index in [2.05, 4.69) is 36.9 Å². The predicted octanol–water partition coefficient (Wildman–Crippen LogP) is 3.45. The summed E-state index contributed by atoms with van der Waals surface area (Å²) in [5.41, 5.74) is 1.34. The minimum absolute atomic E-state index is 0.118. The van der Waals surface area contributed by atoms with Gasteiger partial charge in [-0.05, 0) is 48.9 Å². The van der Waals surface area contributed by atoms with Gasteiger partial charge in [-0.25, -0.2) is 0 Å². The molecule has 2 atom stereocenters. The summed E-state index contributed by atoms with van der Waals surface area (Å²) in [5.74, 6) is 1.47. The molecule has 0 aliphatic carbocycles. The van der Waals surface area contributed by atoms with E-state index >= 15 is 0 Å². The zero-order chi connectivity index (χ0) is 18.7. The number of ether oxygens (including phenoxy) is 1. The summed E-state index contributed by atoms with van der Waals surface area (Å²) in [6.07, 6.45) is 1.77. The van der Waals surface area contributed by atoms with E-state index in [0.29, 0.717) is 25.4 Å². The fourth-order valence-electron chi connectivity index (χ4n) is 4.55. The molecule has 2 bridgehead atoms. The van der Waals surface area contributed by atoms with Crippen molar-refractivity contribution in [2.75, 3.05) is 31.1 Å². The number of amides is 1. The van der Waals surface area contributed by atoms with E-state index in [9.17, 15) is 4.79 Å². The van der Waals surface area contributed by atoms with Crippen LogP contribution in [0.4, 0.5) is 5.69 Å². The number of fused-ring (bicyclic) bond motifs is 4. The molecule has 0 radical (unpaired) electrons. The average Bonchev–Trinajstić information content (AvgIpc) is 2.87. The second-order valence-electron chi connectivity index (χ2n) is 8.11. The highest BCUT2D eigenvalue weighted by molar-refractivity contribution is 5.76. The highest BCUT2D eigenvalue weighted by atomic mass is 16.5. The number of piperidine rings is 1. The van der Waals surface area contributed by atoms with Crippen LogP contribution in [0.25, 0.3) is 0 Å². The molecule has 3 aliphatic heterocycles. The lowest BCUT2D eigenvalue weighted by atomic mass is 9.73. The molecule has 3 fully saturated rings. The van der Waals surface area contributed by atoms with Crippen LogP contribution in [-0.4, -0.2) is 43.1 Å². The van der Waals surface area contributed by atoms with Gasteiger partial charge >= 0.3 is 0 Å². The Morgan fingerprint density at radius 1 is 1.27 bits per heavy atom.